The molecule has 0 fully saturated rings. The quantitative estimate of drug-likeness (QED) is 0.643. The highest BCUT2D eigenvalue weighted by Crippen LogP contribution is 2.20. The Morgan fingerprint density at radius 3 is 2.24 bits per heavy atom. The number of primary sulfonamides is 1. The maximum Gasteiger partial charge on any atom is 0.335 e. The molecule has 8 nitrogen and oxygen atoms in total. The summed E-state index contributed by atoms with van der Waals surface area (Å²) in [6, 6.07) is 2.49. The van der Waals surface area contributed by atoms with Crippen molar-refractivity contribution in [3.63, 3.8) is 0 Å². The monoisotopic (exact) mass is 336 g/mol. The number of carbonyl (C=O) groups is 1. The van der Waals surface area contributed by atoms with Gasteiger partial charge in [-0.3, -0.25) is 0 Å². The number of sulfonamides is 2. The number of carboxylic acid groups (broad SMARTS) is 1. The lowest BCUT2D eigenvalue weighted by atomic mass is 10.1. The average Bonchev–Trinajstić information content (AvgIpc) is 2.25. The molecule has 1 aromatic rings. The third kappa shape index (κ3) is 4.77. The van der Waals surface area contributed by atoms with Gasteiger partial charge in [-0.1, -0.05) is 6.07 Å². The summed E-state index contributed by atoms with van der Waals surface area (Å²) in [6.45, 7) is 2.69. The van der Waals surface area contributed by atoms with E-state index in [0.29, 0.717) is 11.1 Å². The van der Waals surface area contributed by atoms with Crippen LogP contribution in [0.3, 0.4) is 0 Å². The average molecular weight is 336 g/mol. The van der Waals surface area contributed by atoms with E-state index in [4.69, 9.17) is 10.2 Å². The molecule has 1 rings (SSSR count). The Morgan fingerprint density at radius 1 is 1.19 bits per heavy atom. The van der Waals surface area contributed by atoms with Crippen LogP contribution in [-0.4, -0.2) is 40.2 Å². The topological polar surface area (TPSA) is 144 Å². The van der Waals surface area contributed by atoms with Crippen LogP contribution >= 0.6 is 0 Å². The molecule has 0 heterocycles. The molecule has 0 aliphatic heterocycles. The zero-order chi connectivity index (χ0) is 16.4. The summed E-state index contributed by atoms with van der Waals surface area (Å²) >= 11 is 0. The molecule has 0 amide bonds. The van der Waals surface area contributed by atoms with Gasteiger partial charge in [-0.25, -0.2) is 31.5 Å². The number of carboxylic acids is 1. The third-order valence-corrected chi connectivity index (χ3v) is 5.10. The van der Waals surface area contributed by atoms with Crippen LogP contribution in [0.15, 0.2) is 17.0 Å². The van der Waals surface area contributed by atoms with Gasteiger partial charge in [0.05, 0.1) is 16.2 Å². The van der Waals surface area contributed by atoms with Gasteiger partial charge in [-0.15, -0.1) is 0 Å². The van der Waals surface area contributed by atoms with Crippen LogP contribution in [0.5, 0.6) is 0 Å². The van der Waals surface area contributed by atoms with E-state index in [0.717, 1.165) is 6.07 Å². The molecule has 0 spiro atoms. The number of nitrogens with one attached hydrogen (secondary N) is 1. The van der Waals surface area contributed by atoms with Crippen LogP contribution in [-0.2, 0) is 20.0 Å². The van der Waals surface area contributed by atoms with Gasteiger partial charge in [0.1, 0.15) is 0 Å². The van der Waals surface area contributed by atoms with Crippen LogP contribution in [0.1, 0.15) is 21.5 Å². The van der Waals surface area contributed by atoms with Gasteiger partial charge in [-0.2, -0.15) is 0 Å². The summed E-state index contributed by atoms with van der Waals surface area (Å²) in [5, 5.41) is 13.8. The van der Waals surface area contributed by atoms with Crippen LogP contribution in [0, 0.1) is 13.8 Å². The molecule has 1 aromatic carbocycles. The van der Waals surface area contributed by atoms with Crippen molar-refractivity contribution < 1.29 is 26.7 Å². The molecule has 0 aliphatic carbocycles. The summed E-state index contributed by atoms with van der Waals surface area (Å²) in [7, 11) is -7.81. The number of rotatable bonds is 6. The highest BCUT2D eigenvalue weighted by atomic mass is 32.2. The van der Waals surface area contributed by atoms with Crippen LogP contribution < -0.4 is 9.86 Å². The van der Waals surface area contributed by atoms with E-state index in [1.165, 1.54) is 13.0 Å². The van der Waals surface area contributed by atoms with Crippen molar-refractivity contribution in [3.8, 4) is 0 Å². The van der Waals surface area contributed by atoms with Crippen molar-refractivity contribution in [1.82, 2.24) is 4.72 Å². The Bertz CT molecular complexity index is 768. The van der Waals surface area contributed by atoms with Gasteiger partial charge in [-0.05, 0) is 31.0 Å². The van der Waals surface area contributed by atoms with E-state index in [9.17, 15) is 21.6 Å². The number of aromatic carboxylic acids is 1. The fourth-order valence-electron chi connectivity index (χ4n) is 1.75. The molecule has 10 heteroatoms. The second-order valence-corrected chi connectivity index (χ2v) is 7.97. The van der Waals surface area contributed by atoms with Gasteiger partial charge in [0, 0.05) is 6.54 Å². The molecule has 118 valence electrons. The van der Waals surface area contributed by atoms with E-state index < -0.39 is 38.3 Å². The Morgan fingerprint density at radius 2 is 1.76 bits per heavy atom. The number of hydrogen-bond donors (Lipinski definition) is 3. The molecule has 0 bridgehead atoms. The summed E-state index contributed by atoms with van der Waals surface area (Å²) in [4.78, 5) is 10.8. The first kappa shape index (κ1) is 17.6. The van der Waals surface area contributed by atoms with Gasteiger partial charge < -0.3 is 5.11 Å². The fraction of sp³-hybridized carbons (Fsp3) is 0.364. The maximum atomic E-state index is 12.1. The van der Waals surface area contributed by atoms with Crippen LogP contribution in [0.4, 0.5) is 0 Å². The van der Waals surface area contributed by atoms with Crippen molar-refractivity contribution in [3.05, 3.63) is 28.8 Å². The molecular weight excluding hydrogens is 320 g/mol. The lowest BCUT2D eigenvalue weighted by Gasteiger charge is -2.11. The smallest absolute Gasteiger partial charge is 0.335 e. The van der Waals surface area contributed by atoms with Crippen molar-refractivity contribution in [1.29, 1.82) is 0 Å². The Labute approximate surface area is 123 Å². The fourth-order valence-corrected chi connectivity index (χ4v) is 3.55. The highest BCUT2D eigenvalue weighted by Gasteiger charge is 2.20. The first-order valence-corrected chi connectivity index (χ1v) is 8.98. The maximum absolute atomic E-state index is 12.1. The third-order valence-electron chi connectivity index (χ3n) is 2.72. The molecule has 0 unspecified atom stereocenters. The Balaban J connectivity index is 3.14. The van der Waals surface area contributed by atoms with Crippen molar-refractivity contribution >= 4 is 26.0 Å². The van der Waals surface area contributed by atoms with Gasteiger partial charge in [0.2, 0.25) is 20.0 Å². The van der Waals surface area contributed by atoms with Crippen LogP contribution in [0.2, 0.25) is 0 Å². The number of aryl methyl sites for hydroxylation is 2. The minimum absolute atomic E-state index is 0.132. The van der Waals surface area contributed by atoms with Crippen LogP contribution in [0.25, 0.3) is 0 Å². The van der Waals surface area contributed by atoms with E-state index in [-0.39, 0.29) is 10.5 Å². The molecular formula is C11H16N2O6S2. The van der Waals surface area contributed by atoms with E-state index in [1.807, 2.05) is 0 Å². The lowest BCUT2D eigenvalue weighted by molar-refractivity contribution is 0.0696. The molecule has 0 aromatic heterocycles. The van der Waals surface area contributed by atoms with Crippen molar-refractivity contribution in [2.75, 3.05) is 12.3 Å². The predicted octanol–water partition coefficient (Wildman–Crippen LogP) is -0.432. The summed E-state index contributed by atoms with van der Waals surface area (Å²) in [5.41, 5.74) is 0.663. The molecule has 0 radical (unpaired) electrons. The first-order chi connectivity index (χ1) is 9.44. The van der Waals surface area contributed by atoms with Gasteiger partial charge >= 0.3 is 5.97 Å². The van der Waals surface area contributed by atoms with E-state index >= 15 is 0 Å². The standard InChI is InChI=1S/C11H16N2O6S2/c1-7-5-8(2)10(6-9(7)11(14)15)21(18,19)13-3-4-20(12,16)17/h5-6,13H,3-4H2,1-2H3,(H,14,15)(H2,12,16,17). The lowest BCUT2D eigenvalue weighted by Crippen LogP contribution is -2.32. The first-order valence-electron chi connectivity index (χ1n) is 5.79. The van der Waals surface area contributed by atoms with Crippen molar-refractivity contribution in [2.45, 2.75) is 18.7 Å². The zero-order valence-corrected chi connectivity index (χ0v) is 13.1. The van der Waals surface area contributed by atoms with Gasteiger partial charge in [0.15, 0.2) is 0 Å². The summed E-state index contributed by atoms with van der Waals surface area (Å²) in [5.74, 6) is -1.79. The largest absolute Gasteiger partial charge is 0.478 e. The van der Waals surface area contributed by atoms with E-state index in [1.54, 1.807) is 6.92 Å². The van der Waals surface area contributed by atoms with E-state index in [2.05, 4.69) is 4.72 Å². The van der Waals surface area contributed by atoms with Crippen molar-refractivity contribution in [2.24, 2.45) is 5.14 Å². The normalized spacial score (nSPS) is 12.3. The predicted molar refractivity (Wildman–Crippen MR) is 76.0 cm³/mol. The number of hydrogen-bond acceptors (Lipinski definition) is 5. The summed E-state index contributed by atoms with van der Waals surface area (Å²) in [6.07, 6.45) is 0. The molecule has 4 N–H and O–H groups in total. The Kier molecular flexibility index (Phi) is 5.10. The second kappa shape index (κ2) is 6.10. The minimum Gasteiger partial charge on any atom is -0.478 e. The number of benzene rings is 1. The molecule has 21 heavy (non-hydrogen) atoms. The molecule has 0 saturated carbocycles. The Hall–Kier alpha value is -1.49. The molecule has 0 atom stereocenters. The van der Waals surface area contributed by atoms with Gasteiger partial charge in [0.25, 0.3) is 0 Å². The highest BCUT2D eigenvalue weighted by molar-refractivity contribution is 7.90. The molecule has 0 saturated heterocycles. The summed E-state index contributed by atoms with van der Waals surface area (Å²) < 4.78 is 47.8. The SMILES string of the molecule is Cc1cc(C)c(S(=O)(=O)NCCS(N)(=O)=O)cc1C(=O)O. The number of nitrogens with two attached hydrogens (primary N) is 1. The second-order valence-electron chi connectivity index (χ2n) is 4.50. The molecule has 0 aliphatic rings. The minimum atomic E-state index is -4.02. The zero-order valence-electron chi connectivity index (χ0n) is 11.5.